The van der Waals surface area contributed by atoms with Crippen LogP contribution in [0, 0.1) is 15.9 Å². The monoisotopic (exact) mass is 387 g/mol. The third-order valence-electron chi connectivity index (χ3n) is 3.70. The van der Waals surface area contributed by atoms with Crippen molar-refractivity contribution < 1.29 is 28.1 Å². The number of rotatable bonds is 7. The molecule has 0 atom stereocenters. The first-order valence-electron chi connectivity index (χ1n) is 8.08. The SMILES string of the molecule is COc1ccc(-c2noc(CCC(=O)Oc3cc(F)ccc3[N+](=O)[O-])n2)cc1. The Morgan fingerprint density at radius 2 is 2.00 bits per heavy atom. The molecule has 2 aromatic carbocycles. The molecule has 0 spiro atoms. The Bertz CT molecular complexity index is 1000. The number of benzene rings is 2. The van der Waals surface area contributed by atoms with Crippen LogP contribution in [0.3, 0.4) is 0 Å². The molecule has 0 aliphatic carbocycles. The minimum Gasteiger partial charge on any atom is -0.497 e. The first-order valence-corrected chi connectivity index (χ1v) is 8.08. The highest BCUT2D eigenvalue weighted by molar-refractivity contribution is 5.74. The van der Waals surface area contributed by atoms with Crippen LogP contribution in [0.2, 0.25) is 0 Å². The molecule has 0 unspecified atom stereocenters. The number of ether oxygens (including phenoxy) is 2. The second-order valence-electron chi connectivity index (χ2n) is 5.58. The number of nitro benzene ring substituents is 1. The Balaban J connectivity index is 1.62. The fourth-order valence-corrected chi connectivity index (χ4v) is 2.32. The van der Waals surface area contributed by atoms with Crippen LogP contribution in [-0.2, 0) is 11.2 Å². The van der Waals surface area contributed by atoms with Gasteiger partial charge in [0, 0.05) is 24.1 Å². The minimum atomic E-state index is -0.794. The third-order valence-corrected chi connectivity index (χ3v) is 3.70. The number of hydrogen-bond donors (Lipinski definition) is 0. The predicted molar refractivity (Wildman–Crippen MR) is 93.3 cm³/mol. The van der Waals surface area contributed by atoms with E-state index >= 15 is 0 Å². The minimum absolute atomic E-state index is 0.0606. The fraction of sp³-hybridized carbons (Fsp3) is 0.167. The molecule has 28 heavy (non-hydrogen) atoms. The quantitative estimate of drug-likeness (QED) is 0.262. The Hall–Kier alpha value is -3.82. The van der Waals surface area contributed by atoms with Crippen molar-refractivity contribution in [2.45, 2.75) is 12.8 Å². The van der Waals surface area contributed by atoms with Gasteiger partial charge in [0.05, 0.1) is 18.5 Å². The van der Waals surface area contributed by atoms with Crippen molar-refractivity contribution in [3.8, 4) is 22.9 Å². The number of hydrogen-bond acceptors (Lipinski definition) is 8. The van der Waals surface area contributed by atoms with Gasteiger partial charge < -0.3 is 14.0 Å². The zero-order valence-corrected chi connectivity index (χ0v) is 14.6. The van der Waals surface area contributed by atoms with Crippen LogP contribution in [0.1, 0.15) is 12.3 Å². The van der Waals surface area contributed by atoms with Gasteiger partial charge in [0.1, 0.15) is 11.6 Å². The third kappa shape index (κ3) is 4.47. The summed E-state index contributed by atoms with van der Waals surface area (Å²) in [6.07, 6.45) is -0.122. The average molecular weight is 387 g/mol. The number of halogens is 1. The molecule has 1 heterocycles. The van der Waals surface area contributed by atoms with E-state index in [0.29, 0.717) is 17.1 Å². The number of carbonyl (C=O) groups excluding carboxylic acids is 1. The lowest BCUT2D eigenvalue weighted by Gasteiger charge is -2.04. The molecule has 0 N–H and O–H groups in total. The standard InChI is InChI=1S/C18H14FN3O6/c1-26-13-5-2-11(3-6-13)18-20-16(28-21-18)8-9-17(23)27-15-10-12(19)4-7-14(15)22(24)25/h2-7,10H,8-9H2,1H3. The van der Waals surface area contributed by atoms with Gasteiger partial charge >= 0.3 is 11.7 Å². The van der Waals surface area contributed by atoms with Crippen molar-refractivity contribution >= 4 is 11.7 Å². The van der Waals surface area contributed by atoms with E-state index in [2.05, 4.69) is 10.1 Å². The number of nitro groups is 1. The van der Waals surface area contributed by atoms with E-state index in [1.807, 2.05) is 0 Å². The van der Waals surface area contributed by atoms with E-state index in [-0.39, 0.29) is 18.7 Å². The number of aryl methyl sites for hydroxylation is 1. The number of carbonyl (C=O) groups is 1. The Kier molecular flexibility index (Phi) is 5.58. The molecule has 3 aromatic rings. The summed E-state index contributed by atoms with van der Waals surface area (Å²) in [4.78, 5) is 26.3. The maximum atomic E-state index is 13.3. The van der Waals surface area contributed by atoms with E-state index < -0.39 is 28.1 Å². The van der Waals surface area contributed by atoms with E-state index in [1.165, 1.54) is 0 Å². The van der Waals surface area contributed by atoms with Gasteiger partial charge in [0.15, 0.2) is 0 Å². The molecule has 10 heteroatoms. The lowest BCUT2D eigenvalue weighted by Crippen LogP contribution is -2.10. The molecule has 0 aliphatic heterocycles. The largest absolute Gasteiger partial charge is 0.497 e. The molecule has 0 radical (unpaired) electrons. The summed E-state index contributed by atoms with van der Waals surface area (Å²) in [6.45, 7) is 0. The van der Waals surface area contributed by atoms with Gasteiger partial charge in [-0.15, -0.1) is 0 Å². The van der Waals surface area contributed by atoms with Crippen molar-refractivity contribution in [1.82, 2.24) is 10.1 Å². The van der Waals surface area contributed by atoms with E-state index in [1.54, 1.807) is 31.4 Å². The van der Waals surface area contributed by atoms with Gasteiger partial charge in [0.25, 0.3) is 0 Å². The maximum absolute atomic E-state index is 13.3. The second kappa shape index (κ2) is 8.25. The van der Waals surface area contributed by atoms with Gasteiger partial charge in [-0.05, 0) is 30.3 Å². The molecule has 0 saturated heterocycles. The maximum Gasteiger partial charge on any atom is 0.311 e. The number of aromatic nitrogens is 2. The molecule has 1 aromatic heterocycles. The van der Waals surface area contributed by atoms with Crippen LogP contribution in [0.4, 0.5) is 10.1 Å². The molecule has 3 rings (SSSR count). The fourth-order valence-electron chi connectivity index (χ4n) is 2.32. The summed E-state index contributed by atoms with van der Waals surface area (Å²) in [7, 11) is 1.55. The van der Waals surface area contributed by atoms with Crippen molar-refractivity contribution in [3.05, 3.63) is 64.3 Å². The number of methoxy groups -OCH3 is 1. The molecule has 0 saturated carbocycles. The van der Waals surface area contributed by atoms with Crippen LogP contribution in [0.25, 0.3) is 11.4 Å². The summed E-state index contributed by atoms with van der Waals surface area (Å²) in [5, 5.41) is 14.8. The Morgan fingerprint density at radius 1 is 1.25 bits per heavy atom. The van der Waals surface area contributed by atoms with Gasteiger partial charge in [-0.1, -0.05) is 5.16 Å². The van der Waals surface area contributed by atoms with Crippen LogP contribution >= 0.6 is 0 Å². The second-order valence-corrected chi connectivity index (χ2v) is 5.58. The lowest BCUT2D eigenvalue weighted by atomic mass is 10.2. The average Bonchev–Trinajstić information content (AvgIpc) is 3.15. The number of esters is 1. The molecule has 0 amide bonds. The van der Waals surface area contributed by atoms with E-state index in [4.69, 9.17) is 14.0 Å². The van der Waals surface area contributed by atoms with Crippen LogP contribution in [0.15, 0.2) is 47.0 Å². The molecule has 9 nitrogen and oxygen atoms in total. The zero-order chi connectivity index (χ0) is 20.1. The van der Waals surface area contributed by atoms with Gasteiger partial charge in [0.2, 0.25) is 17.5 Å². The first kappa shape index (κ1) is 19.0. The predicted octanol–water partition coefficient (Wildman–Crippen LogP) is 3.33. The van der Waals surface area contributed by atoms with E-state index in [9.17, 15) is 19.3 Å². The summed E-state index contributed by atoms with van der Waals surface area (Å²) in [5.74, 6) is -0.795. The highest BCUT2D eigenvalue weighted by Crippen LogP contribution is 2.28. The van der Waals surface area contributed by atoms with Crippen LogP contribution in [-0.4, -0.2) is 28.1 Å². The molecular weight excluding hydrogens is 373 g/mol. The van der Waals surface area contributed by atoms with Crippen molar-refractivity contribution in [1.29, 1.82) is 0 Å². The Labute approximate surface area is 157 Å². The van der Waals surface area contributed by atoms with Gasteiger partial charge in [-0.3, -0.25) is 14.9 Å². The van der Waals surface area contributed by atoms with Crippen molar-refractivity contribution in [2.24, 2.45) is 0 Å². The van der Waals surface area contributed by atoms with Crippen molar-refractivity contribution in [3.63, 3.8) is 0 Å². The molecule has 0 bridgehead atoms. The molecular formula is C18H14FN3O6. The summed E-state index contributed by atoms with van der Waals surface area (Å²) in [5.41, 5.74) is 0.197. The van der Waals surface area contributed by atoms with Crippen LogP contribution in [0.5, 0.6) is 11.5 Å². The molecule has 0 aliphatic rings. The van der Waals surface area contributed by atoms with Crippen molar-refractivity contribution in [2.75, 3.05) is 7.11 Å². The summed E-state index contributed by atoms with van der Waals surface area (Å²) < 4.78 is 28.3. The van der Waals surface area contributed by atoms with Gasteiger partial charge in [-0.2, -0.15) is 4.98 Å². The normalized spacial score (nSPS) is 10.5. The Morgan fingerprint density at radius 3 is 2.68 bits per heavy atom. The first-order chi connectivity index (χ1) is 13.5. The topological polar surface area (TPSA) is 118 Å². The molecule has 0 fully saturated rings. The summed E-state index contributed by atoms with van der Waals surface area (Å²) >= 11 is 0. The van der Waals surface area contributed by atoms with E-state index in [0.717, 1.165) is 18.2 Å². The summed E-state index contributed by atoms with van der Waals surface area (Å²) in [6, 6.07) is 9.62. The zero-order valence-electron chi connectivity index (χ0n) is 14.6. The molecule has 144 valence electrons. The van der Waals surface area contributed by atoms with Gasteiger partial charge in [-0.25, -0.2) is 4.39 Å². The van der Waals surface area contributed by atoms with Crippen LogP contribution < -0.4 is 9.47 Å². The lowest BCUT2D eigenvalue weighted by molar-refractivity contribution is -0.385. The number of nitrogens with zero attached hydrogens (tertiary/aromatic N) is 3. The highest BCUT2D eigenvalue weighted by Gasteiger charge is 2.19. The highest BCUT2D eigenvalue weighted by atomic mass is 19.1. The smallest absolute Gasteiger partial charge is 0.311 e.